The van der Waals surface area contributed by atoms with Gasteiger partial charge in [0, 0.05) is 10.7 Å². The number of rotatable bonds is 0. The predicted octanol–water partition coefficient (Wildman–Crippen LogP) is -2.86. The minimum Gasteiger partial charge on any atom is -1.00 e. The van der Waals surface area contributed by atoms with E-state index in [0.29, 0.717) is 0 Å². The van der Waals surface area contributed by atoms with Crippen LogP contribution in [0.4, 0.5) is 0 Å². The largest absolute Gasteiger partial charge is 1.00 e. The molecule has 0 aliphatic carbocycles. The monoisotopic (exact) mass is 140 g/mol. The van der Waals surface area contributed by atoms with E-state index in [1.54, 1.807) is 0 Å². The summed E-state index contributed by atoms with van der Waals surface area (Å²) in [5.74, 6) is 0. The Bertz CT molecular complexity index is 98.1. The molecule has 6 heavy (non-hydrogen) atoms. The average molecular weight is 141 g/mol. The second-order valence-corrected chi connectivity index (χ2v) is 2.41. The third-order valence-electron chi connectivity index (χ3n) is 0. The van der Waals surface area contributed by atoms with E-state index in [0.717, 1.165) is 0 Å². The van der Waals surface area contributed by atoms with Gasteiger partial charge >= 0.3 is 38.9 Å². The van der Waals surface area contributed by atoms with E-state index in [9.17, 15) is 0 Å². The molecular formula is H2ClNaO3S. The molecule has 0 heterocycles. The molecule has 0 saturated carbocycles. The van der Waals surface area contributed by atoms with E-state index in [4.69, 9.17) is 13.0 Å². The Kier molecular flexibility index (Phi) is 5.52. The van der Waals surface area contributed by atoms with E-state index in [1.807, 2.05) is 0 Å². The van der Waals surface area contributed by atoms with Gasteiger partial charge in [-0.3, -0.25) is 4.55 Å². The summed E-state index contributed by atoms with van der Waals surface area (Å²) in [6.07, 6.45) is 0. The standard InChI is InChI=1S/ClHO3S.Na.H/c1-5(2,3)4;;/h(H,2,3,4);;/q;+1;-1. The smallest absolute Gasteiger partial charge is 1.00 e. The van der Waals surface area contributed by atoms with Gasteiger partial charge < -0.3 is 1.43 Å². The third-order valence-corrected chi connectivity index (χ3v) is 0. The zero-order valence-corrected chi connectivity index (χ0v) is 6.62. The van der Waals surface area contributed by atoms with Gasteiger partial charge in [0.15, 0.2) is 0 Å². The van der Waals surface area contributed by atoms with Crippen molar-refractivity contribution in [2.45, 2.75) is 0 Å². The fourth-order valence-corrected chi connectivity index (χ4v) is 0. The first-order valence-corrected chi connectivity index (χ1v) is 2.94. The molecule has 6 heteroatoms. The van der Waals surface area contributed by atoms with Gasteiger partial charge in [-0.15, -0.1) is 0 Å². The Morgan fingerprint density at radius 2 is 1.67 bits per heavy atom. The topological polar surface area (TPSA) is 54.4 Å². The average Bonchev–Trinajstić information content (AvgIpc) is 0.722. The van der Waals surface area contributed by atoms with Crippen molar-refractivity contribution in [3.05, 3.63) is 0 Å². The predicted molar refractivity (Wildman–Crippen MR) is 18.5 cm³/mol. The molecule has 0 aromatic carbocycles. The summed E-state index contributed by atoms with van der Waals surface area (Å²) in [7, 11) is -0.137. The molecule has 0 spiro atoms. The van der Waals surface area contributed by atoms with E-state index in [-0.39, 0.29) is 31.0 Å². The van der Waals surface area contributed by atoms with Crippen molar-refractivity contribution < 1.29 is 44.0 Å². The van der Waals surface area contributed by atoms with Crippen molar-refractivity contribution >= 4 is 20.0 Å². The third kappa shape index (κ3) is 63.7. The minimum atomic E-state index is -4.19. The number of halogens is 1. The van der Waals surface area contributed by atoms with Crippen LogP contribution < -0.4 is 29.6 Å². The van der Waals surface area contributed by atoms with Crippen LogP contribution in [0.1, 0.15) is 1.43 Å². The SMILES string of the molecule is O=S(=O)(O)Cl.[H-].[Na+]. The van der Waals surface area contributed by atoms with Gasteiger partial charge in [0.25, 0.3) is 0 Å². The van der Waals surface area contributed by atoms with Gasteiger partial charge in [-0.05, 0) is 0 Å². The van der Waals surface area contributed by atoms with Gasteiger partial charge in [-0.1, -0.05) is 0 Å². The van der Waals surface area contributed by atoms with Crippen molar-refractivity contribution in [3.63, 3.8) is 0 Å². The fraction of sp³-hybridized carbons (Fsp3) is 0. The van der Waals surface area contributed by atoms with E-state index >= 15 is 0 Å². The van der Waals surface area contributed by atoms with E-state index < -0.39 is 9.33 Å². The second kappa shape index (κ2) is 3.23. The first-order valence-electron chi connectivity index (χ1n) is 0.670. The first-order chi connectivity index (χ1) is 2.00. The fourth-order valence-electron chi connectivity index (χ4n) is 0. The van der Waals surface area contributed by atoms with Crippen LogP contribution in [0.3, 0.4) is 0 Å². The van der Waals surface area contributed by atoms with Crippen molar-refractivity contribution in [3.8, 4) is 0 Å². The summed E-state index contributed by atoms with van der Waals surface area (Å²) in [5, 5.41) is 0. The Morgan fingerprint density at radius 3 is 1.67 bits per heavy atom. The summed E-state index contributed by atoms with van der Waals surface area (Å²) in [5.41, 5.74) is 0. The second-order valence-electron chi connectivity index (χ2n) is 0.412. The molecule has 0 aromatic rings. The molecule has 0 rings (SSSR count). The van der Waals surface area contributed by atoms with E-state index in [2.05, 4.69) is 10.7 Å². The van der Waals surface area contributed by atoms with Crippen LogP contribution in [0.5, 0.6) is 0 Å². The molecule has 1 N–H and O–H groups in total. The molecule has 0 atom stereocenters. The van der Waals surface area contributed by atoms with Crippen LogP contribution in [0.25, 0.3) is 0 Å². The van der Waals surface area contributed by atoms with Crippen LogP contribution in [0.2, 0.25) is 0 Å². The van der Waals surface area contributed by atoms with Gasteiger partial charge in [-0.2, -0.15) is 8.42 Å². The molecular weight excluding hydrogens is 139 g/mol. The molecule has 0 aliphatic heterocycles. The minimum absolute atomic E-state index is 0. The molecule has 3 nitrogen and oxygen atoms in total. The van der Waals surface area contributed by atoms with Crippen molar-refractivity contribution in [1.29, 1.82) is 0 Å². The van der Waals surface area contributed by atoms with Crippen LogP contribution in [-0.4, -0.2) is 13.0 Å². The first kappa shape index (κ1) is 10.2. The van der Waals surface area contributed by atoms with Crippen molar-refractivity contribution in [1.82, 2.24) is 0 Å². The summed E-state index contributed by atoms with van der Waals surface area (Å²) < 4.78 is 25.2. The molecule has 0 radical (unpaired) electrons. The van der Waals surface area contributed by atoms with Crippen molar-refractivity contribution in [2.24, 2.45) is 0 Å². The number of hydrogen-bond acceptors (Lipinski definition) is 2. The summed E-state index contributed by atoms with van der Waals surface area (Å²) in [4.78, 5) is 0. The molecule has 0 bridgehead atoms. The zero-order chi connectivity index (χ0) is 4.50. The normalized spacial score (nSPS) is 9.67. The Labute approximate surface area is 63.7 Å². The zero-order valence-electron chi connectivity index (χ0n) is 4.05. The maximum Gasteiger partial charge on any atom is 1.00 e. The van der Waals surface area contributed by atoms with Crippen LogP contribution >= 0.6 is 10.7 Å². The summed E-state index contributed by atoms with van der Waals surface area (Å²) in [6.45, 7) is 0. The van der Waals surface area contributed by atoms with Crippen molar-refractivity contribution in [2.75, 3.05) is 0 Å². The van der Waals surface area contributed by atoms with Gasteiger partial charge in [0.05, 0.1) is 0 Å². The molecule has 0 aliphatic rings. The number of hydrogen-bond donors (Lipinski definition) is 1. The van der Waals surface area contributed by atoms with Gasteiger partial charge in [0.2, 0.25) is 0 Å². The molecule has 34 valence electrons. The van der Waals surface area contributed by atoms with Gasteiger partial charge in [-0.25, -0.2) is 0 Å². The molecule has 0 fully saturated rings. The molecule has 0 saturated heterocycles. The Balaban J connectivity index is -0.0000000800. The maximum atomic E-state index is 8.95. The molecule has 0 unspecified atom stereocenters. The Morgan fingerprint density at radius 1 is 1.67 bits per heavy atom. The van der Waals surface area contributed by atoms with Crippen LogP contribution in [0, 0.1) is 0 Å². The Hall–Kier alpha value is 1.20. The van der Waals surface area contributed by atoms with Crippen LogP contribution in [0.15, 0.2) is 0 Å². The maximum absolute atomic E-state index is 8.95. The summed E-state index contributed by atoms with van der Waals surface area (Å²) in [6, 6.07) is 0. The van der Waals surface area contributed by atoms with Crippen LogP contribution in [-0.2, 0) is 9.33 Å². The van der Waals surface area contributed by atoms with Gasteiger partial charge in [0.1, 0.15) is 0 Å². The quantitative estimate of drug-likeness (QED) is 0.224. The molecule has 0 amide bonds. The van der Waals surface area contributed by atoms with E-state index in [1.165, 1.54) is 0 Å². The summed E-state index contributed by atoms with van der Waals surface area (Å²) >= 11 is 0. The molecule has 0 aromatic heterocycles.